The van der Waals surface area contributed by atoms with Crippen molar-refractivity contribution in [2.75, 3.05) is 43.4 Å². The number of hydrogen-bond acceptors (Lipinski definition) is 9. The number of rotatable bonds is 7. The minimum absolute atomic E-state index is 0.0991. The van der Waals surface area contributed by atoms with Gasteiger partial charge in [0.15, 0.2) is 9.84 Å². The zero-order valence-corrected chi connectivity index (χ0v) is 23.7. The van der Waals surface area contributed by atoms with Crippen LogP contribution in [0.2, 0.25) is 0 Å². The van der Waals surface area contributed by atoms with Gasteiger partial charge < -0.3 is 4.90 Å². The van der Waals surface area contributed by atoms with E-state index in [9.17, 15) is 13.7 Å². The first-order valence-electron chi connectivity index (χ1n) is 13.3. The number of anilines is 1. The summed E-state index contributed by atoms with van der Waals surface area (Å²) in [4.78, 5) is 14.4. The molecule has 0 saturated carbocycles. The van der Waals surface area contributed by atoms with E-state index in [2.05, 4.69) is 26.1 Å². The third kappa shape index (κ3) is 5.41. The van der Waals surface area contributed by atoms with Crippen LogP contribution < -0.4 is 4.90 Å². The normalized spacial score (nSPS) is 14.4. The summed E-state index contributed by atoms with van der Waals surface area (Å²) < 4.78 is 28.9. The van der Waals surface area contributed by atoms with E-state index in [1.807, 2.05) is 44.4 Å². The predicted octanol–water partition coefficient (Wildman–Crippen LogP) is 2.97. The van der Waals surface area contributed by atoms with Gasteiger partial charge in [0.2, 0.25) is 0 Å². The fourth-order valence-corrected chi connectivity index (χ4v) is 6.30. The van der Waals surface area contributed by atoms with Crippen molar-refractivity contribution < 1.29 is 8.42 Å². The van der Waals surface area contributed by atoms with Crippen LogP contribution in [0.3, 0.4) is 0 Å². The average molecular weight is 568 g/mol. The van der Waals surface area contributed by atoms with Gasteiger partial charge in [0.1, 0.15) is 23.0 Å². The van der Waals surface area contributed by atoms with Gasteiger partial charge in [-0.1, -0.05) is 17.7 Å². The van der Waals surface area contributed by atoms with Gasteiger partial charge in [0.05, 0.1) is 40.6 Å². The maximum atomic E-state index is 12.7. The highest BCUT2D eigenvalue weighted by molar-refractivity contribution is 7.91. The largest absolute Gasteiger partial charge is 0.354 e. The zero-order valence-electron chi connectivity index (χ0n) is 22.8. The lowest BCUT2D eigenvalue weighted by molar-refractivity contribution is 0.271. The van der Waals surface area contributed by atoms with Crippen LogP contribution in [0.25, 0.3) is 28.0 Å². The van der Waals surface area contributed by atoms with Gasteiger partial charge >= 0.3 is 0 Å². The molecule has 0 radical (unpaired) electrons. The van der Waals surface area contributed by atoms with Crippen LogP contribution in [0.4, 0.5) is 5.82 Å². The molecule has 1 aromatic carbocycles. The maximum Gasteiger partial charge on any atom is 0.179 e. The first-order chi connectivity index (χ1) is 19.8. The van der Waals surface area contributed by atoms with E-state index in [0.29, 0.717) is 33.9 Å². The van der Waals surface area contributed by atoms with Crippen LogP contribution in [-0.2, 0) is 16.9 Å². The second-order valence-corrected chi connectivity index (χ2v) is 12.3. The molecule has 0 aliphatic carbocycles. The van der Waals surface area contributed by atoms with Crippen molar-refractivity contribution in [1.29, 1.82) is 5.26 Å². The van der Waals surface area contributed by atoms with Crippen LogP contribution in [0.1, 0.15) is 11.1 Å². The number of benzene rings is 1. The van der Waals surface area contributed by atoms with E-state index in [1.54, 1.807) is 46.1 Å². The molecule has 0 N–H and O–H groups in total. The summed E-state index contributed by atoms with van der Waals surface area (Å²) in [7, 11) is -1.47. The van der Waals surface area contributed by atoms with E-state index >= 15 is 0 Å². The Kier molecular flexibility index (Phi) is 6.98. The van der Waals surface area contributed by atoms with E-state index in [4.69, 9.17) is 9.97 Å². The summed E-state index contributed by atoms with van der Waals surface area (Å²) in [6.45, 7) is 5.44. The van der Waals surface area contributed by atoms with Crippen molar-refractivity contribution in [1.82, 2.24) is 34.3 Å². The fourth-order valence-electron chi connectivity index (χ4n) is 5.02. The van der Waals surface area contributed by atoms with Gasteiger partial charge in [-0.05, 0) is 31.2 Å². The molecule has 0 atom stereocenters. The van der Waals surface area contributed by atoms with E-state index < -0.39 is 9.84 Å². The summed E-state index contributed by atoms with van der Waals surface area (Å²) in [5, 5.41) is 18.3. The standard InChI is InChI=1S/C29H29N9O2S/c1-21-3-6-25(7-4-21)41(39,40)14-13-36-9-11-37(12-10-36)27-8-5-22(16-31-27)28-29-23(15-30)17-33-38(29)20-26(34-28)24-18-32-35(2)19-24/h3-8,16-20H,9-14H2,1-2H3. The number of pyridine rings is 1. The Morgan fingerprint density at radius 2 is 1.71 bits per heavy atom. The number of aromatic nitrogens is 6. The molecule has 5 heterocycles. The second-order valence-electron chi connectivity index (χ2n) is 10.2. The Labute approximate surface area is 238 Å². The van der Waals surface area contributed by atoms with E-state index in [-0.39, 0.29) is 5.75 Å². The van der Waals surface area contributed by atoms with Crippen LogP contribution in [0.15, 0.2) is 72.3 Å². The number of piperazine rings is 1. The summed E-state index contributed by atoms with van der Waals surface area (Å²) >= 11 is 0. The lowest BCUT2D eigenvalue weighted by Crippen LogP contribution is -2.47. The minimum atomic E-state index is -3.31. The quantitative estimate of drug-likeness (QED) is 0.292. The molecule has 1 fully saturated rings. The molecule has 208 valence electrons. The van der Waals surface area contributed by atoms with Crippen molar-refractivity contribution in [3.8, 4) is 28.6 Å². The summed E-state index contributed by atoms with van der Waals surface area (Å²) in [5.74, 6) is 0.941. The van der Waals surface area contributed by atoms with Crippen molar-refractivity contribution in [3.05, 3.63) is 78.5 Å². The molecule has 6 rings (SSSR count). The molecule has 12 heteroatoms. The molecular formula is C29H29N9O2S. The van der Waals surface area contributed by atoms with Crippen molar-refractivity contribution in [2.45, 2.75) is 11.8 Å². The highest BCUT2D eigenvalue weighted by atomic mass is 32.2. The second kappa shape index (κ2) is 10.8. The smallest absolute Gasteiger partial charge is 0.179 e. The molecule has 1 aliphatic rings. The summed E-state index contributed by atoms with van der Waals surface area (Å²) in [6.07, 6.45) is 8.74. The van der Waals surface area contributed by atoms with Gasteiger partial charge in [-0.15, -0.1) is 0 Å². The topological polar surface area (TPSA) is 125 Å². The first-order valence-corrected chi connectivity index (χ1v) is 15.0. The molecule has 0 amide bonds. The first kappa shape index (κ1) is 26.6. The van der Waals surface area contributed by atoms with Crippen LogP contribution in [0.5, 0.6) is 0 Å². The van der Waals surface area contributed by atoms with E-state index in [0.717, 1.165) is 48.7 Å². The SMILES string of the molecule is Cc1ccc(S(=O)(=O)CCN2CCN(c3ccc(-c4nc(-c5cnn(C)c5)cn5ncc(C#N)c45)cn3)CC2)cc1. The molecule has 41 heavy (non-hydrogen) atoms. The Morgan fingerprint density at radius 3 is 2.37 bits per heavy atom. The van der Waals surface area contributed by atoms with E-state index in [1.165, 1.54) is 0 Å². The Bertz CT molecular complexity index is 1850. The van der Waals surface area contributed by atoms with Crippen LogP contribution in [0, 0.1) is 18.3 Å². The Hall–Kier alpha value is -4.60. The van der Waals surface area contributed by atoms with Crippen molar-refractivity contribution >= 4 is 21.2 Å². The van der Waals surface area contributed by atoms with Crippen molar-refractivity contribution in [2.24, 2.45) is 7.05 Å². The Balaban J connectivity index is 1.16. The van der Waals surface area contributed by atoms with Gasteiger partial charge in [-0.3, -0.25) is 9.58 Å². The number of fused-ring (bicyclic) bond motifs is 1. The number of aryl methyl sites for hydroxylation is 2. The van der Waals surface area contributed by atoms with Gasteiger partial charge in [0, 0.05) is 63.3 Å². The zero-order chi connectivity index (χ0) is 28.6. The third-order valence-electron chi connectivity index (χ3n) is 7.39. The number of nitriles is 1. The lowest BCUT2D eigenvalue weighted by atomic mass is 10.1. The molecule has 1 saturated heterocycles. The monoisotopic (exact) mass is 567 g/mol. The summed E-state index contributed by atoms with van der Waals surface area (Å²) in [6, 6.07) is 13.2. The molecule has 0 spiro atoms. The Morgan fingerprint density at radius 1 is 0.927 bits per heavy atom. The van der Waals surface area contributed by atoms with Crippen LogP contribution >= 0.6 is 0 Å². The molecule has 0 bridgehead atoms. The predicted molar refractivity (Wildman–Crippen MR) is 155 cm³/mol. The third-order valence-corrected chi connectivity index (χ3v) is 9.10. The molecule has 5 aromatic rings. The van der Waals surface area contributed by atoms with Crippen molar-refractivity contribution in [3.63, 3.8) is 0 Å². The lowest BCUT2D eigenvalue weighted by Gasteiger charge is -2.35. The molecule has 4 aromatic heterocycles. The molecular weight excluding hydrogens is 538 g/mol. The number of hydrogen-bond donors (Lipinski definition) is 0. The van der Waals surface area contributed by atoms with Gasteiger partial charge in [-0.2, -0.15) is 15.5 Å². The minimum Gasteiger partial charge on any atom is -0.354 e. The number of nitrogens with zero attached hydrogens (tertiary/aromatic N) is 9. The highest BCUT2D eigenvalue weighted by Crippen LogP contribution is 2.29. The summed E-state index contributed by atoms with van der Waals surface area (Å²) in [5.41, 5.74) is 5.05. The molecule has 1 aliphatic heterocycles. The number of sulfone groups is 1. The highest BCUT2D eigenvalue weighted by Gasteiger charge is 2.22. The maximum absolute atomic E-state index is 12.7. The molecule has 11 nitrogen and oxygen atoms in total. The van der Waals surface area contributed by atoms with Gasteiger partial charge in [0.25, 0.3) is 0 Å². The average Bonchev–Trinajstić information content (AvgIpc) is 3.62. The fraction of sp³-hybridized carbons (Fsp3) is 0.276. The van der Waals surface area contributed by atoms with Crippen LogP contribution in [-0.4, -0.2) is 81.2 Å². The van der Waals surface area contributed by atoms with Gasteiger partial charge in [-0.25, -0.2) is 22.9 Å². The molecule has 0 unspecified atom stereocenters.